The molecule has 2 heterocycles. The van der Waals surface area contributed by atoms with Crippen molar-refractivity contribution >= 4 is 23.0 Å². The molecule has 0 bridgehead atoms. The maximum Gasteiger partial charge on any atom is 0.248 e. The second-order valence-corrected chi connectivity index (χ2v) is 11.0. The van der Waals surface area contributed by atoms with Gasteiger partial charge in [-0.1, -0.05) is 27.2 Å². The minimum Gasteiger partial charge on any atom is -0.327 e. The lowest BCUT2D eigenvalue weighted by molar-refractivity contribution is -0.0473. The molecule has 6 heteroatoms. The van der Waals surface area contributed by atoms with Crippen LogP contribution < -0.4 is 0 Å². The number of fused-ring (bicyclic) bond motifs is 1. The van der Waals surface area contributed by atoms with Gasteiger partial charge in [-0.2, -0.15) is 0 Å². The molecule has 1 aromatic carbocycles. The molecule has 160 valence electrons. The summed E-state index contributed by atoms with van der Waals surface area (Å²) in [5.74, 6) is -1.11. The van der Waals surface area contributed by atoms with E-state index in [1.165, 1.54) is 24.2 Å². The molecular weight excluding hydrogens is 388 g/mol. The molecule has 29 heavy (non-hydrogen) atoms. The fourth-order valence-corrected chi connectivity index (χ4v) is 5.60. The first-order chi connectivity index (χ1) is 13.7. The molecule has 2 fully saturated rings. The van der Waals surface area contributed by atoms with Gasteiger partial charge < -0.3 is 4.57 Å². The van der Waals surface area contributed by atoms with Gasteiger partial charge in [0.1, 0.15) is 5.82 Å². The highest BCUT2D eigenvalue weighted by Gasteiger charge is 2.35. The largest absolute Gasteiger partial charge is 0.327 e. The number of hydrogen-bond acceptors (Lipinski definition) is 3. The SMILES string of the molecule is CC(C)(C)c1nc2cc(SN3CCCCC3)ccc2n1CC1CCC(F)(F)CC1. The predicted molar refractivity (Wildman–Crippen MR) is 117 cm³/mol. The van der Waals surface area contributed by atoms with Crippen molar-refractivity contribution < 1.29 is 8.78 Å². The zero-order valence-electron chi connectivity index (χ0n) is 17.9. The number of imidazole rings is 1. The average molecular weight is 422 g/mol. The van der Waals surface area contributed by atoms with Gasteiger partial charge in [0.25, 0.3) is 0 Å². The summed E-state index contributed by atoms with van der Waals surface area (Å²) >= 11 is 1.84. The zero-order chi connectivity index (χ0) is 20.6. The Labute approximate surface area is 177 Å². The number of piperidine rings is 1. The standard InChI is InChI=1S/C23H33F2N3S/c1-22(2,3)21-26-19-15-18(29-27-13-5-4-6-14-27)7-8-20(19)28(21)16-17-9-11-23(24,25)12-10-17/h7-8,15,17H,4-6,9-14,16H2,1-3H3. The van der Waals surface area contributed by atoms with E-state index in [1.807, 2.05) is 11.9 Å². The minimum absolute atomic E-state index is 0.0196. The van der Waals surface area contributed by atoms with Crippen LogP contribution in [0, 0.1) is 5.92 Å². The molecule has 0 N–H and O–H groups in total. The van der Waals surface area contributed by atoms with Gasteiger partial charge in [0.05, 0.1) is 11.0 Å². The van der Waals surface area contributed by atoms with Crippen LogP contribution in [0.25, 0.3) is 11.0 Å². The van der Waals surface area contributed by atoms with E-state index in [4.69, 9.17) is 4.98 Å². The van der Waals surface area contributed by atoms with Crippen molar-refractivity contribution in [1.29, 1.82) is 0 Å². The third kappa shape index (κ3) is 4.96. The number of hydrogen-bond donors (Lipinski definition) is 0. The first-order valence-corrected chi connectivity index (χ1v) is 11.8. The molecule has 1 aliphatic heterocycles. The van der Waals surface area contributed by atoms with Crippen molar-refractivity contribution in [2.75, 3.05) is 13.1 Å². The second kappa shape index (κ2) is 8.18. The van der Waals surface area contributed by atoms with E-state index in [-0.39, 0.29) is 18.3 Å². The Hall–Kier alpha value is -1.14. The van der Waals surface area contributed by atoms with E-state index in [0.29, 0.717) is 18.8 Å². The Kier molecular flexibility index (Phi) is 5.95. The molecule has 2 aromatic rings. The van der Waals surface area contributed by atoms with E-state index < -0.39 is 5.92 Å². The Morgan fingerprint density at radius 3 is 2.45 bits per heavy atom. The van der Waals surface area contributed by atoms with Crippen molar-refractivity contribution in [2.45, 2.75) is 88.5 Å². The molecule has 2 aliphatic rings. The predicted octanol–water partition coefficient (Wildman–Crippen LogP) is 6.65. The van der Waals surface area contributed by atoms with Crippen molar-refractivity contribution in [2.24, 2.45) is 5.92 Å². The molecule has 0 atom stereocenters. The minimum atomic E-state index is -2.47. The Balaban J connectivity index is 1.59. The third-order valence-corrected chi connectivity index (χ3v) is 7.31. The quantitative estimate of drug-likeness (QED) is 0.516. The van der Waals surface area contributed by atoms with Gasteiger partial charge in [-0.05, 0) is 61.7 Å². The highest BCUT2D eigenvalue weighted by Crippen LogP contribution is 2.38. The molecule has 1 saturated heterocycles. The summed E-state index contributed by atoms with van der Waals surface area (Å²) in [5.41, 5.74) is 2.07. The van der Waals surface area contributed by atoms with E-state index in [9.17, 15) is 8.78 Å². The molecule has 0 unspecified atom stereocenters. The van der Waals surface area contributed by atoms with Gasteiger partial charge in [-0.15, -0.1) is 0 Å². The first kappa shape index (κ1) is 21.1. The summed E-state index contributed by atoms with van der Waals surface area (Å²) in [6.45, 7) is 9.64. The molecular formula is C23H33F2N3S. The van der Waals surface area contributed by atoms with Crippen LogP contribution in [0.3, 0.4) is 0 Å². The van der Waals surface area contributed by atoms with E-state index in [1.54, 1.807) is 0 Å². The van der Waals surface area contributed by atoms with Gasteiger partial charge in [-0.3, -0.25) is 0 Å². The van der Waals surface area contributed by atoms with Gasteiger partial charge in [0.2, 0.25) is 5.92 Å². The molecule has 1 aliphatic carbocycles. The molecule has 0 radical (unpaired) electrons. The number of benzene rings is 1. The normalized spacial score (nSPS) is 21.7. The van der Waals surface area contributed by atoms with Gasteiger partial charge >= 0.3 is 0 Å². The van der Waals surface area contributed by atoms with Crippen LogP contribution >= 0.6 is 11.9 Å². The molecule has 3 nitrogen and oxygen atoms in total. The highest BCUT2D eigenvalue weighted by molar-refractivity contribution is 7.97. The summed E-state index contributed by atoms with van der Waals surface area (Å²) < 4.78 is 31.9. The smallest absolute Gasteiger partial charge is 0.248 e. The number of aromatic nitrogens is 2. The fraction of sp³-hybridized carbons (Fsp3) is 0.696. The molecule has 0 amide bonds. The number of rotatable bonds is 4. The molecule has 0 spiro atoms. The van der Waals surface area contributed by atoms with Gasteiger partial charge in [0.15, 0.2) is 0 Å². The zero-order valence-corrected chi connectivity index (χ0v) is 18.7. The Morgan fingerprint density at radius 1 is 1.10 bits per heavy atom. The van der Waals surface area contributed by atoms with Crippen molar-refractivity contribution in [3.63, 3.8) is 0 Å². The summed E-state index contributed by atoms with van der Waals surface area (Å²) in [7, 11) is 0. The summed E-state index contributed by atoms with van der Waals surface area (Å²) in [6.07, 6.45) is 5.12. The number of halogens is 2. The highest BCUT2D eigenvalue weighted by atomic mass is 32.2. The first-order valence-electron chi connectivity index (χ1n) is 11.0. The van der Waals surface area contributed by atoms with Crippen molar-refractivity contribution in [3.8, 4) is 0 Å². The van der Waals surface area contributed by atoms with Crippen LogP contribution in [0.4, 0.5) is 8.78 Å². The third-order valence-electron chi connectivity index (χ3n) is 6.22. The molecule has 4 rings (SSSR count). The monoisotopic (exact) mass is 421 g/mol. The van der Waals surface area contributed by atoms with E-state index in [0.717, 1.165) is 36.5 Å². The van der Waals surface area contributed by atoms with Crippen LogP contribution in [-0.2, 0) is 12.0 Å². The fourth-order valence-electron chi connectivity index (χ4n) is 4.57. The summed E-state index contributed by atoms with van der Waals surface area (Å²) in [5, 5.41) is 0. The Morgan fingerprint density at radius 2 is 1.79 bits per heavy atom. The van der Waals surface area contributed by atoms with Crippen molar-refractivity contribution in [1.82, 2.24) is 13.9 Å². The van der Waals surface area contributed by atoms with Crippen LogP contribution in [0.5, 0.6) is 0 Å². The van der Waals surface area contributed by atoms with Gasteiger partial charge in [-0.25, -0.2) is 18.1 Å². The topological polar surface area (TPSA) is 21.1 Å². The van der Waals surface area contributed by atoms with Crippen molar-refractivity contribution in [3.05, 3.63) is 24.0 Å². The lowest BCUT2D eigenvalue weighted by Crippen LogP contribution is -2.28. The van der Waals surface area contributed by atoms with Crippen LogP contribution in [-0.4, -0.2) is 32.9 Å². The number of nitrogens with zero attached hydrogens (tertiary/aromatic N) is 3. The van der Waals surface area contributed by atoms with Gasteiger partial charge in [0, 0.05) is 42.8 Å². The molecule has 1 saturated carbocycles. The maximum absolute atomic E-state index is 13.6. The maximum atomic E-state index is 13.6. The Bertz CT molecular complexity index is 840. The summed E-state index contributed by atoms with van der Waals surface area (Å²) in [4.78, 5) is 6.25. The van der Waals surface area contributed by atoms with E-state index in [2.05, 4.69) is 47.8 Å². The molecule has 1 aromatic heterocycles. The van der Waals surface area contributed by atoms with E-state index >= 15 is 0 Å². The summed E-state index contributed by atoms with van der Waals surface area (Å²) in [6, 6.07) is 6.58. The van der Waals surface area contributed by atoms with Crippen LogP contribution in [0.2, 0.25) is 0 Å². The van der Waals surface area contributed by atoms with Crippen LogP contribution in [0.15, 0.2) is 23.1 Å². The number of alkyl halides is 2. The lowest BCUT2D eigenvalue weighted by Gasteiger charge is -2.30. The lowest BCUT2D eigenvalue weighted by atomic mass is 9.86. The van der Waals surface area contributed by atoms with Crippen LogP contribution in [0.1, 0.15) is 71.5 Å². The second-order valence-electron chi connectivity index (χ2n) is 9.83. The average Bonchev–Trinajstić information content (AvgIpc) is 3.02.